The molecule has 0 radical (unpaired) electrons. The molecular weight excluding hydrogens is 438 g/mol. The Morgan fingerprint density at radius 2 is 0.719 bits per heavy atom. The average Bonchev–Trinajstić information content (AvgIpc) is 2.85. The van der Waals surface area contributed by atoms with E-state index in [4.69, 9.17) is 9.05 Å². The van der Waals surface area contributed by atoms with E-state index in [9.17, 15) is 9.13 Å². The molecule has 4 aromatic rings. The lowest BCUT2D eigenvalue weighted by molar-refractivity contribution is 0.483. The number of benzene rings is 4. The van der Waals surface area contributed by atoms with Gasteiger partial charge in [0, 0.05) is 22.9 Å². The molecule has 0 fully saturated rings. The zero-order chi connectivity index (χ0) is 22.3. The molecule has 0 aliphatic heterocycles. The Morgan fingerprint density at radius 1 is 0.438 bits per heavy atom. The first-order chi connectivity index (χ1) is 15.6. The van der Waals surface area contributed by atoms with Crippen molar-refractivity contribution < 1.29 is 18.2 Å². The Morgan fingerprint density at radius 3 is 1.03 bits per heavy atom. The van der Waals surface area contributed by atoms with Crippen molar-refractivity contribution in [3.63, 3.8) is 0 Å². The third kappa shape index (κ3) is 5.40. The highest BCUT2D eigenvalue weighted by Gasteiger charge is 2.35. The predicted octanol–water partition coefficient (Wildman–Crippen LogP) is 6.35. The smallest absolute Gasteiger partial charge is 0.277 e. The van der Waals surface area contributed by atoms with Crippen LogP contribution in [0.1, 0.15) is 0 Å². The Bertz CT molecular complexity index is 1110. The molecule has 0 N–H and O–H groups in total. The molecule has 4 nitrogen and oxygen atoms in total. The largest absolute Gasteiger partial charge is 0.440 e. The maximum Gasteiger partial charge on any atom is 0.277 e. The van der Waals surface area contributed by atoms with Gasteiger partial charge in [-0.3, -0.25) is 9.13 Å². The molecule has 0 spiro atoms. The quantitative estimate of drug-likeness (QED) is 0.272. The molecule has 6 heteroatoms. The van der Waals surface area contributed by atoms with Crippen LogP contribution in [0.25, 0.3) is 0 Å². The topological polar surface area (TPSA) is 52.6 Å². The summed E-state index contributed by atoms with van der Waals surface area (Å²) >= 11 is 0. The fourth-order valence-electron chi connectivity index (χ4n) is 3.33. The first kappa shape index (κ1) is 22.1. The molecule has 0 bridgehead atoms. The van der Waals surface area contributed by atoms with Gasteiger partial charge in [-0.25, -0.2) is 0 Å². The summed E-state index contributed by atoms with van der Waals surface area (Å²) < 4.78 is 40.3. The lowest BCUT2D eigenvalue weighted by atomic mass is 10.3. The van der Waals surface area contributed by atoms with Gasteiger partial charge in [-0.1, -0.05) is 72.8 Å². The zero-order valence-electron chi connectivity index (χ0n) is 17.5. The molecule has 32 heavy (non-hydrogen) atoms. The fourth-order valence-corrected chi connectivity index (χ4v) is 8.53. The van der Waals surface area contributed by atoms with Crippen molar-refractivity contribution in [1.82, 2.24) is 0 Å². The van der Waals surface area contributed by atoms with Crippen molar-refractivity contribution in [1.29, 1.82) is 0 Å². The average molecular weight is 462 g/mol. The third-order valence-corrected chi connectivity index (χ3v) is 10.1. The second kappa shape index (κ2) is 10.0. The van der Waals surface area contributed by atoms with Crippen LogP contribution in [-0.4, -0.2) is 12.3 Å². The molecule has 0 saturated heterocycles. The van der Waals surface area contributed by atoms with Crippen molar-refractivity contribution in [2.45, 2.75) is 0 Å². The molecule has 0 unspecified atom stereocenters. The maximum absolute atomic E-state index is 14.1. The first-order valence-corrected chi connectivity index (χ1v) is 14.0. The van der Waals surface area contributed by atoms with Gasteiger partial charge in [0.2, 0.25) is 0 Å². The standard InChI is InChI=1S/C26H24O4P2/c27-31(25-17-9-3-10-18-25,29-23-13-5-1-6-14-23)21-22-32(28,26-19-11-4-12-20-26)30-24-15-7-2-8-16-24/h1-20H,21-22H2/t31-,32-/m0/s1. The summed E-state index contributed by atoms with van der Waals surface area (Å²) in [4.78, 5) is 0. The van der Waals surface area contributed by atoms with Crippen LogP contribution < -0.4 is 19.7 Å². The van der Waals surface area contributed by atoms with Gasteiger partial charge in [0.1, 0.15) is 11.5 Å². The Labute approximate surface area is 188 Å². The third-order valence-electron chi connectivity index (χ3n) is 4.98. The number of para-hydroxylation sites is 2. The van der Waals surface area contributed by atoms with Gasteiger partial charge >= 0.3 is 0 Å². The Balaban J connectivity index is 1.67. The summed E-state index contributed by atoms with van der Waals surface area (Å²) in [5.74, 6) is 1.02. The number of hydrogen-bond donors (Lipinski definition) is 0. The van der Waals surface area contributed by atoms with E-state index < -0.39 is 14.7 Å². The van der Waals surface area contributed by atoms with Crippen molar-refractivity contribution in [2.75, 3.05) is 12.3 Å². The molecule has 0 saturated carbocycles. The minimum Gasteiger partial charge on any atom is -0.440 e. The molecule has 0 aliphatic rings. The highest BCUT2D eigenvalue weighted by Crippen LogP contribution is 2.53. The van der Waals surface area contributed by atoms with Crippen LogP contribution >= 0.6 is 14.7 Å². The summed E-state index contributed by atoms with van der Waals surface area (Å²) in [5, 5.41) is 1.17. The Hall–Kier alpha value is -3.06. The van der Waals surface area contributed by atoms with E-state index in [0.717, 1.165) is 0 Å². The van der Waals surface area contributed by atoms with Gasteiger partial charge < -0.3 is 9.05 Å². The molecule has 4 rings (SSSR count). The van der Waals surface area contributed by atoms with E-state index in [1.165, 1.54) is 0 Å². The van der Waals surface area contributed by atoms with Crippen LogP contribution in [0.15, 0.2) is 121 Å². The SMILES string of the molecule is O=[P@@](CC[P@](=O)(Oc1ccccc1)c1ccccc1)(Oc1ccccc1)c1ccccc1. The summed E-state index contributed by atoms with van der Waals surface area (Å²) in [7, 11) is -6.73. The minimum atomic E-state index is -3.37. The molecule has 0 aliphatic carbocycles. The van der Waals surface area contributed by atoms with Crippen molar-refractivity contribution in [3.8, 4) is 11.5 Å². The van der Waals surface area contributed by atoms with E-state index in [2.05, 4.69) is 0 Å². The van der Waals surface area contributed by atoms with Crippen LogP contribution in [0.4, 0.5) is 0 Å². The highest BCUT2D eigenvalue weighted by atomic mass is 31.2. The van der Waals surface area contributed by atoms with Crippen LogP contribution in [0.2, 0.25) is 0 Å². The molecular formula is C26H24O4P2. The molecule has 2 atom stereocenters. The van der Waals surface area contributed by atoms with E-state index in [-0.39, 0.29) is 12.3 Å². The van der Waals surface area contributed by atoms with Crippen LogP contribution in [0, 0.1) is 0 Å². The van der Waals surface area contributed by atoms with Gasteiger partial charge in [-0.05, 0) is 48.5 Å². The van der Waals surface area contributed by atoms with E-state index in [0.29, 0.717) is 22.1 Å². The second-order valence-corrected chi connectivity index (χ2v) is 12.3. The van der Waals surface area contributed by atoms with Crippen LogP contribution in [-0.2, 0) is 9.13 Å². The van der Waals surface area contributed by atoms with Crippen molar-refractivity contribution in [3.05, 3.63) is 121 Å². The van der Waals surface area contributed by atoms with E-state index in [1.807, 2.05) is 72.8 Å². The monoisotopic (exact) mass is 462 g/mol. The maximum atomic E-state index is 14.1. The molecule has 0 amide bonds. The van der Waals surface area contributed by atoms with Crippen molar-refractivity contribution in [2.24, 2.45) is 0 Å². The summed E-state index contributed by atoms with van der Waals surface area (Å²) in [6.45, 7) is 0. The number of hydrogen-bond acceptors (Lipinski definition) is 4. The van der Waals surface area contributed by atoms with Gasteiger partial charge in [0.15, 0.2) is 0 Å². The first-order valence-electron chi connectivity index (χ1n) is 10.4. The van der Waals surface area contributed by atoms with Crippen LogP contribution in [0.3, 0.4) is 0 Å². The van der Waals surface area contributed by atoms with Crippen molar-refractivity contribution >= 4 is 25.3 Å². The van der Waals surface area contributed by atoms with E-state index >= 15 is 0 Å². The van der Waals surface area contributed by atoms with Gasteiger partial charge in [-0.15, -0.1) is 0 Å². The lowest BCUT2D eigenvalue weighted by Gasteiger charge is -2.24. The van der Waals surface area contributed by atoms with Gasteiger partial charge in [0.25, 0.3) is 14.7 Å². The summed E-state index contributed by atoms with van der Waals surface area (Å²) in [6.07, 6.45) is 0.149. The van der Waals surface area contributed by atoms with Gasteiger partial charge in [0.05, 0.1) is 0 Å². The lowest BCUT2D eigenvalue weighted by Crippen LogP contribution is -2.19. The minimum absolute atomic E-state index is 0.0743. The molecule has 162 valence electrons. The molecule has 0 heterocycles. The fraction of sp³-hybridized carbons (Fsp3) is 0.0769. The van der Waals surface area contributed by atoms with Gasteiger partial charge in [-0.2, -0.15) is 0 Å². The summed E-state index contributed by atoms with van der Waals surface area (Å²) in [6, 6.07) is 36.3. The second-order valence-electron chi connectivity index (χ2n) is 7.27. The molecule has 4 aromatic carbocycles. The Kier molecular flexibility index (Phi) is 6.95. The molecule has 0 aromatic heterocycles. The number of rotatable bonds is 9. The normalized spacial score (nSPS) is 14.6. The zero-order valence-corrected chi connectivity index (χ0v) is 19.3. The summed E-state index contributed by atoms with van der Waals surface area (Å²) in [5.41, 5.74) is 0. The van der Waals surface area contributed by atoms with Crippen LogP contribution in [0.5, 0.6) is 11.5 Å². The van der Waals surface area contributed by atoms with E-state index in [1.54, 1.807) is 48.5 Å². The highest BCUT2D eigenvalue weighted by molar-refractivity contribution is 7.71. The predicted molar refractivity (Wildman–Crippen MR) is 131 cm³/mol.